The SMILES string of the molecule is CN[C@H](C)c1cccc(F)c1O. The van der Waals surface area contributed by atoms with Gasteiger partial charge in [0.1, 0.15) is 0 Å². The van der Waals surface area contributed by atoms with Crippen molar-refractivity contribution in [1.29, 1.82) is 0 Å². The number of hydrogen-bond acceptors (Lipinski definition) is 2. The van der Waals surface area contributed by atoms with E-state index in [4.69, 9.17) is 0 Å². The van der Waals surface area contributed by atoms with E-state index in [1.165, 1.54) is 6.07 Å². The Morgan fingerprint density at radius 2 is 2.17 bits per heavy atom. The molecule has 0 aromatic heterocycles. The van der Waals surface area contributed by atoms with Crippen molar-refractivity contribution in [3.8, 4) is 5.75 Å². The predicted molar refractivity (Wildman–Crippen MR) is 45.5 cm³/mol. The van der Waals surface area contributed by atoms with Crippen molar-refractivity contribution in [2.24, 2.45) is 0 Å². The molecule has 0 aliphatic heterocycles. The Labute approximate surface area is 71.0 Å². The zero-order chi connectivity index (χ0) is 9.14. The van der Waals surface area contributed by atoms with Crippen LogP contribution in [0.1, 0.15) is 18.5 Å². The molecule has 0 spiro atoms. The van der Waals surface area contributed by atoms with Crippen LogP contribution in [0, 0.1) is 5.82 Å². The van der Waals surface area contributed by atoms with Crippen LogP contribution in [-0.2, 0) is 0 Å². The minimum absolute atomic E-state index is 0.0410. The molecule has 1 aromatic carbocycles. The van der Waals surface area contributed by atoms with Crippen LogP contribution in [-0.4, -0.2) is 12.2 Å². The molecule has 0 heterocycles. The Kier molecular flexibility index (Phi) is 2.65. The predicted octanol–water partition coefficient (Wildman–Crippen LogP) is 1.81. The standard InChI is InChI=1S/C9H12FNO/c1-6(11-2)7-4-3-5-8(10)9(7)12/h3-6,11-12H,1-2H3/t6-/m1/s1. The van der Waals surface area contributed by atoms with E-state index in [2.05, 4.69) is 5.32 Å². The first-order chi connectivity index (χ1) is 5.66. The molecule has 0 saturated carbocycles. The van der Waals surface area contributed by atoms with Crippen molar-refractivity contribution in [1.82, 2.24) is 5.32 Å². The molecule has 0 amide bonds. The number of rotatable bonds is 2. The van der Waals surface area contributed by atoms with E-state index in [1.807, 2.05) is 6.92 Å². The maximum atomic E-state index is 12.8. The second kappa shape index (κ2) is 3.54. The monoisotopic (exact) mass is 169 g/mol. The molecule has 1 atom stereocenters. The second-order valence-electron chi connectivity index (χ2n) is 2.69. The van der Waals surface area contributed by atoms with Crippen LogP contribution in [0.15, 0.2) is 18.2 Å². The van der Waals surface area contributed by atoms with E-state index < -0.39 is 5.82 Å². The highest BCUT2D eigenvalue weighted by molar-refractivity contribution is 5.35. The van der Waals surface area contributed by atoms with Gasteiger partial charge in [-0.15, -0.1) is 0 Å². The summed E-state index contributed by atoms with van der Waals surface area (Å²) in [4.78, 5) is 0. The van der Waals surface area contributed by atoms with E-state index in [0.29, 0.717) is 5.56 Å². The lowest BCUT2D eigenvalue weighted by molar-refractivity contribution is 0.418. The van der Waals surface area contributed by atoms with Crippen molar-refractivity contribution >= 4 is 0 Å². The summed E-state index contributed by atoms with van der Waals surface area (Å²) in [5.41, 5.74) is 0.581. The largest absolute Gasteiger partial charge is 0.505 e. The Bertz CT molecular complexity index is 275. The highest BCUT2D eigenvalue weighted by Gasteiger charge is 2.10. The zero-order valence-corrected chi connectivity index (χ0v) is 7.13. The molecule has 0 fully saturated rings. The molecule has 3 heteroatoms. The number of para-hydroxylation sites is 1. The van der Waals surface area contributed by atoms with Crippen LogP contribution in [0.5, 0.6) is 5.75 Å². The van der Waals surface area contributed by atoms with Crippen LogP contribution < -0.4 is 5.32 Å². The summed E-state index contributed by atoms with van der Waals surface area (Å²) in [5, 5.41) is 12.2. The molecule has 0 aliphatic carbocycles. The first kappa shape index (κ1) is 9.00. The molecule has 66 valence electrons. The zero-order valence-electron chi connectivity index (χ0n) is 7.13. The maximum Gasteiger partial charge on any atom is 0.165 e. The van der Waals surface area contributed by atoms with Gasteiger partial charge in [-0.3, -0.25) is 0 Å². The third kappa shape index (κ3) is 1.56. The van der Waals surface area contributed by atoms with E-state index in [9.17, 15) is 9.50 Å². The number of halogens is 1. The van der Waals surface area contributed by atoms with Gasteiger partial charge >= 0.3 is 0 Å². The Balaban J connectivity index is 3.07. The third-order valence-corrected chi connectivity index (χ3v) is 1.92. The summed E-state index contributed by atoms with van der Waals surface area (Å²) in [7, 11) is 1.76. The van der Waals surface area contributed by atoms with Crippen molar-refractivity contribution in [3.05, 3.63) is 29.6 Å². The van der Waals surface area contributed by atoms with E-state index in [1.54, 1.807) is 19.2 Å². The van der Waals surface area contributed by atoms with Gasteiger partial charge in [0.2, 0.25) is 0 Å². The molecule has 0 saturated heterocycles. The Hall–Kier alpha value is -1.09. The fraction of sp³-hybridized carbons (Fsp3) is 0.333. The summed E-state index contributed by atoms with van der Waals surface area (Å²) in [6, 6.07) is 4.47. The number of hydrogen-bond donors (Lipinski definition) is 2. The normalized spacial score (nSPS) is 12.9. The van der Waals surface area contributed by atoms with Crippen LogP contribution in [0.4, 0.5) is 4.39 Å². The molecule has 0 bridgehead atoms. The first-order valence-electron chi connectivity index (χ1n) is 3.81. The van der Waals surface area contributed by atoms with Gasteiger partial charge in [0, 0.05) is 11.6 Å². The first-order valence-corrected chi connectivity index (χ1v) is 3.81. The summed E-state index contributed by atoms with van der Waals surface area (Å²) < 4.78 is 12.8. The van der Waals surface area contributed by atoms with E-state index in [0.717, 1.165) is 0 Å². The van der Waals surface area contributed by atoms with Crippen LogP contribution in [0.25, 0.3) is 0 Å². The fourth-order valence-electron chi connectivity index (χ4n) is 1.04. The van der Waals surface area contributed by atoms with Gasteiger partial charge in [-0.2, -0.15) is 0 Å². The molecular weight excluding hydrogens is 157 g/mol. The topological polar surface area (TPSA) is 32.3 Å². The van der Waals surface area contributed by atoms with Gasteiger partial charge in [0.05, 0.1) is 0 Å². The van der Waals surface area contributed by atoms with Crippen LogP contribution in [0.3, 0.4) is 0 Å². The van der Waals surface area contributed by atoms with Crippen molar-refractivity contribution in [3.63, 3.8) is 0 Å². The lowest BCUT2D eigenvalue weighted by Gasteiger charge is -2.12. The Morgan fingerprint density at radius 1 is 1.50 bits per heavy atom. The van der Waals surface area contributed by atoms with Gasteiger partial charge in [0.25, 0.3) is 0 Å². The molecule has 2 N–H and O–H groups in total. The summed E-state index contributed by atoms with van der Waals surface area (Å²) in [6.07, 6.45) is 0. The average molecular weight is 169 g/mol. The highest BCUT2D eigenvalue weighted by atomic mass is 19.1. The summed E-state index contributed by atoms with van der Waals surface area (Å²) >= 11 is 0. The number of benzene rings is 1. The van der Waals surface area contributed by atoms with Gasteiger partial charge in [-0.1, -0.05) is 12.1 Å². The number of phenols is 1. The second-order valence-corrected chi connectivity index (χ2v) is 2.69. The lowest BCUT2D eigenvalue weighted by atomic mass is 10.1. The molecule has 0 radical (unpaired) electrons. The number of aromatic hydroxyl groups is 1. The smallest absolute Gasteiger partial charge is 0.165 e. The highest BCUT2D eigenvalue weighted by Crippen LogP contribution is 2.25. The minimum Gasteiger partial charge on any atom is -0.505 e. The summed E-state index contributed by atoms with van der Waals surface area (Å²) in [6.45, 7) is 1.86. The number of phenolic OH excluding ortho intramolecular Hbond substituents is 1. The molecular formula is C9H12FNO. The molecule has 1 aromatic rings. The summed E-state index contributed by atoms with van der Waals surface area (Å²) in [5.74, 6) is -0.839. The maximum absolute atomic E-state index is 12.8. The quantitative estimate of drug-likeness (QED) is 0.707. The van der Waals surface area contributed by atoms with Crippen LogP contribution >= 0.6 is 0 Å². The third-order valence-electron chi connectivity index (χ3n) is 1.92. The van der Waals surface area contributed by atoms with E-state index in [-0.39, 0.29) is 11.8 Å². The van der Waals surface area contributed by atoms with Crippen LogP contribution in [0.2, 0.25) is 0 Å². The molecule has 2 nitrogen and oxygen atoms in total. The molecule has 0 aliphatic rings. The van der Waals surface area contributed by atoms with Crippen molar-refractivity contribution in [2.45, 2.75) is 13.0 Å². The average Bonchev–Trinajstić information content (AvgIpc) is 2.08. The van der Waals surface area contributed by atoms with Gasteiger partial charge in [-0.05, 0) is 20.0 Å². The molecule has 12 heavy (non-hydrogen) atoms. The van der Waals surface area contributed by atoms with Gasteiger partial charge < -0.3 is 10.4 Å². The number of nitrogens with one attached hydrogen (secondary N) is 1. The van der Waals surface area contributed by atoms with E-state index >= 15 is 0 Å². The minimum atomic E-state index is -0.574. The van der Waals surface area contributed by atoms with Crippen molar-refractivity contribution < 1.29 is 9.50 Å². The fourth-order valence-corrected chi connectivity index (χ4v) is 1.04. The molecule has 1 rings (SSSR count). The Morgan fingerprint density at radius 3 is 2.75 bits per heavy atom. The van der Waals surface area contributed by atoms with Gasteiger partial charge in [-0.25, -0.2) is 4.39 Å². The molecule has 0 unspecified atom stereocenters. The lowest BCUT2D eigenvalue weighted by Crippen LogP contribution is -2.12. The van der Waals surface area contributed by atoms with Gasteiger partial charge in [0.15, 0.2) is 11.6 Å². The van der Waals surface area contributed by atoms with Crippen molar-refractivity contribution in [2.75, 3.05) is 7.05 Å².